The fraction of sp³-hybridized carbons (Fsp3) is 0.722. The molecule has 0 radical (unpaired) electrons. The third-order valence-corrected chi connectivity index (χ3v) is 4.27. The molecule has 1 saturated heterocycles. The van der Waals surface area contributed by atoms with Crippen LogP contribution in [0, 0.1) is 5.92 Å². The number of aromatic nitrogens is 2. The average Bonchev–Trinajstić information content (AvgIpc) is 3.21. The number of likely N-dealkylation sites (tertiary alicyclic amines) is 1. The zero-order chi connectivity index (χ0) is 18.2. The lowest BCUT2D eigenvalue weighted by atomic mass is 10.2. The molecular weight excluding hydrogens is 316 g/mol. The zero-order valence-corrected chi connectivity index (χ0v) is 16.0. The first-order valence-electron chi connectivity index (χ1n) is 9.36. The normalized spacial score (nSPS) is 18.0. The Labute approximate surface area is 150 Å². The average molecular weight is 348 g/mol. The van der Waals surface area contributed by atoms with Crippen LogP contribution < -0.4 is 10.6 Å². The molecule has 1 unspecified atom stereocenters. The molecule has 1 aliphatic rings. The van der Waals surface area contributed by atoms with E-state index in [1.54, 1.807) is 0 Å². The van der Waals surface area contributed by atoms with Gasteiger partial charge >= 0.3 is 0 Å². The minimum atomic E-state index is 0.224. The number of carbonyl (C=O) groups excluding carboxylic acids is 1. The molecule has 2 N–H and O–H groups in total. The van der Waals surface area contributed by atoms with Crippen molar-refractivity contribution in [3.63, 3.8) is 0 Å². The molecule has 140 valence electrons. The number of imidazole rings is 1. The Kier molecular flexibility index (Phi) is 7.28. The zero-order valence-electron chi connectivity index (χ0n) is 16.0. The minimum absolute atomic E-state index is 0.224. The number of nitrogens with one attached hydrogen (secondary N) is 2. The number of carbonyl (C=O) groups is 1. The van der Waals surface area contributed by atoms with E-state index in [1.807, 2.05) is 24.2 Å². The third-order valence-electron chi connectivity index (χ3n) is 4.27. The van der Waals surface area contributed by atoms with E-state index in [2.05, 4.69) is 45.9 Å². The Morgan fingerprint density at radius 2 is 2.24 bits per heavy atom. The van der Waals surface area contributed by atoms with Crippen molar-refractivity contribution >= 4 is 11.9 Å². The van der Waals surface area contributed by atoms with Gasteiger partial charge in [0.2, 0.25) is 5.91 Å². The Morgan fingerprint density at radius 3 is 2.92 bits per heavy atom. The first-order chi connectivity index (χ1) is 12.0. The van der Waals surface area contributed by atoms with Crippen LogP contribution in [0.2, 0.25) is 0 Å². The van der Waals surface area contributed by atoms with Gasteiger partial charge in [0.25, 0.3) is 0 Å². The number of nitrogens with zero attached hydrogens (tertiary/aromatic N) is 4. The lowest BCUT2D eigenvalue weighted by Gasteiger charge is -2.18. The summed E-state index contributed by atoms with van der Waals surface area (Å²) in [7, 11) is 0. The standard InChI is InChI=1S/C18H32N6O/c1-5-17(25)24-9-7-15(13-24)22-18(19-6-2)21-11-16-20-8-10-23(16)12-14(3)4/h8,10,14-15H,5-7,9,11-13H2,1-4H3,(H2,19,21,22). The molecule has 7 heteroatoms. The van der Waals surface area contributed by atoms with Gasteiger partial charge in [-0.25, -0.2) is 9.98 Å². The van der Waals surface area contributed by atoms with Crippen LogP contribution in [0.5, 0.6) is 0 Å². The molecule has 25 heavy (non-hydrogen) atoms. The van der Waals surface area contributed by atoms with Crippen molar-refractivity contribution in [2.75, 3.05) is 19.6 Å². The number of rotatable bonds is 7. The summed E-state index contributed by atoms with van der Waals surface area (Å²) in [6, 6.07) is 0.253. The van der Waals surface area contributed by atoms with Crippen molar-refractivity contribution in [3.8, 4) is 0 Å². The predicted molar refractivity (Wildman–Crippen MR) is 100 cm³/mol. The molecule has 1 aliphatic heterocycles. The summed E-state index contributed by atoms with van der Waals surface area (Å²) in [5.74, 6) is 2.56. The maximum atomic E-state index is 11.8. The Bertz CT molecular complexity index is 580. The molecule has 2 rings (SSSR count). The van der Waals surface area contributed by atoms with E-state index < -0.39 is 0 Å². The van der Waals surface area contributed by atoms with Crippen LogP contribution in [0.4, 0.5) is 0 Å². The van der Waals surface area contributed by atoms with E-state index in [9.17, 15) is 4.79 Å². The van der Waals surface area contributed by atoms with Crippen molar-refractivity contribution in [3.05, 3.63) is 18.2 Å². The highest BCUT2D eigenvalue weighted by molar-refractivity contribution is 5.80. The summed E-state index contributed by atoms with van der Waals surface area (Å²) >= 11 is 0. The van der Waals surface area contributed by atoms with Gasteiger partial charge < -0.3 is 20.1 Å². The first kappa shape index (κ1) is 19.3. The van der Waals surface area contributed by atoms with Crippen molar-refractivity contribution in [1.29, 1.82) is 0 Å². The Balaban J connectivity index is 1.95. The highest BCUT2D eigenvalue weighted by Crippen LogP contribution is 2.10. The second-order valence-electron chi connectivity index (χ2n) is 6.91. The van der Waals surface area contributed by atoms with E-state index in [0.717, 1.165) is 44.4 Å². The van der Waals surface area contributed by atoms with Gasteiger partial charge in [0, 0.05) is 51.0 Å². The van der Waals surface area contributed by atoms with E-state index in [1.165, 1.54) is 0 Å². The van der Waals surface area contributed by atoms with Crippen LogP contribution in [-0.4, -0.2) is 52.0 Å². The van der Waals surface area contributed by atoms with E-state index in [-0.39, 0.29) is 11.9 Å². The second-order valence-corrected chi connectivity index (χ2v) is 6.91. The number of guanidine groups is 1. The van der Waals surface area contributed by atoms with Crippen LogP contribution in [0.3, 0.4) is 0 Å². The molecule has 7 nitrogen and oxygen atoms in total. The molecule has 0 aromatic carbocycles. The SMILES string of the molecule is CCNC(=NCc1nccn1CC(C)C)NC1CCN(C(=O)CC)C1. The number of hydrogen-bond acceptors (Lipinski definition) is 3. The molecular formula is C18H32N6O. The lowest BCUT2D eigenvalue weighted by molar-refractivity contribution is -0.129. The molecule has 1 aromatic heterocycles. The maximum Gasteiger partial charge on any atom is 0.222 e. The van der Waals surface area contributed by atoms with Crippen LogP contribution in [0.15, 0.2) is 17.4 Å². The summed E-state index contributed by atoms with van der Waals surface area (Å²) < 4.78 is 2.16. The summed E-state index contributed by atoms with van der Waals surface area (Å²) in [5, 5.41) is 6.75. The summed E-state index contributed by atoms with van der Waals surface area (Å²) in [6.45, 7) is 12.2. The van der Waals surface area contributed by atoms with Gasteiger partial charge in [0.05, 0.1) is 0 Å². The molecule has 0 saturated carbocycles. The second kappa shape index (κ2) is 9.44. The fourth-order valence-electron chi connectivity index (χ4n) is 3.04. The molecule has 2 heterocycles. The van der Waals surface area contributed by atoms with Gasteiger partial charge in [-0.3, -0.25) is 4.79 Å². The van der Waals surface area contributed by atoms with Crippen molar-refractivity contribution in [1.82, 2.24) is 25.1 Å². The predicted octanol–water partition coefficient (Wildman–Crippen LogP) is 1.61. The largest absolute Gasteiger partial charge is 0.357 e. The van der Waals surface area contributed by atoms with Crippen LogP contribution >= 0.6 is 0 Å². The summed E-state index contributed by atoms with van der Waals surface area (Å²) in [4.78, 5) is 22.9. The monoisotopic (exact) mass is 348 g/mol. The van der Waals surface area contributed by atoms with Gasteiger partial charge in [-0.05, 0) is 19.3 Å². The Morgan fingerprint density at radius 1 is 1.44 bits per heavy atom. The van der Waals surface area contributed by atoms with Crippen molar-refractivity contribution in [2.24, 2.45) is 10.9 Å². The summed E-state index contributed by atoms with van der Waals surface area (Å²) in [5.41, 5.74) is 0. The molecule has 0 bridgehead atoms. The first-order valence-corrected chi connectivity index (χ1v) is 9.36. The molecule has 1 aromatic rings. The highest BCUT2D eigenvalue weighted by atomic mass is 16.2. The van der Waals surface area contributed by atoms with Crippen molar-refractivity contribution in [2.45, 2.75) is 59.7 Å². The molecule has 1 atom stereocenters. The van der Waals surface area contributed by atoms with Gasteiger partial charge in [0.1, 0.15) is 12.4 Å². The number of amides is 1. The summed E-state index contributed by atoms with van der Waals surface area (Å²) in [6.07, 6.45) is 5.37. The van der Waals surface area contributed by atoms with Crippen LogP contribution in [0.1, 0.15) is 46.4 Å². The minimum Gasteiger partial charge on any atom is -0.357 e. The molecule has 0 spiro atoms. The van der Waals surface area contributed by atoms with E-state index in [0.29, 0.717) is 18.9 Å². The lowest BCUT2D eigenvalue weighted by Crippen LogP contribution is -2.45. The van der Waals surface area contributed by atoms with Crippen LogP contribution in [0.25, 0.3) is 0 Å². The Hall–Kier alpha value is -2.05. The smallest absolute Gasteiger partial charge is 0.222 e. The van der Waals surface area contributed by atoms with Crippen molar-refractivity contribution < 1.29 is 4.79 Å². The fourth-order valence-corrected chi connectivity index (χ4v) is 3.04. The quantitative estimate of drug-likeness (QED) is 0.580. The number of aliphatic imine (C=N–C) groups is 1. The molecule has 1 amide bonds. The van der Waals surface area contributed by atoms with E-state index in [4.69, 9.17) is 0 Å². The molecule has 0 aliphatic carbocycles. The van der Waals surface area contributed by atoms with Crippen LogP contribution in [-0.2, 0) is 17.9 Å². The van der Waals surface area contributed by atoms with E-state index >= 15 is 0 Å². The van der Waals surface area contributed by atoms with Gasteiger partial charge in [-0.2, -0.15) is 0 Å². The number of hydrogen-bond donors (Lipinski definition) is 2. The van der Waals surface area contributed by atoms with Gasteiger partial charge in [-0.1, -0.05) is 20.8 Å². The van der Waals surface area contributed by atoms with Gasteiger partial charge in [-0.15, -0.1) is 0 Å². The highest BCUT2D eigenvalue weighted by Gasteiger charge is 2.25. The molecule has 1 fully saturated rings. The topological polar surface area (TPSA) is 74.6 Å². The third kappa shape index (κ3) is 5.76. The van der Waals surface area contributed by atoms with Gasteiger partial charge in [0.15, 0.2) is 5.96 Å². The maximum absolute atomic E-state index is 11.8.